The van der Waals surface area contributed by atoms with Crippen LogP contribution in [0.25, 0.3) is 0 Å². The second-order valence-corrected chi connectivity index (χ2v) is 6.55. The average Bonchev–Trinajstić information content (AvgIpc) is 2.40. The fourth-order valence-corrected chi connectivity index (χ4v) is 3.00. The number of benzene rings is 1. The Morgan fingerprint density at radius 1 is 1.26 bits per heavy atom. The van der Waals surface area contributed by atoms with Gasteiger partial charge in [0.1, 0.15) is 0 Å². The van der Waals surface area contributed by atoms with Gasteiger partial charge in [-0.3, -0.25) is 0 Å². The van der Waals surface area contributed by atoms with Crippen molar-refractivity contribution in [2.45, 2.75) is 44.6 Å². The summed E-state index contributed by atoms with van der Waals surface area (Å²) < 4.78 is 26.9. The summed E-state index contributed by atoms with van der Waals surface area (Å²) in [6.45, 7) is 6.17. The number of hydrogen-bond donors (Lipinski definition) is 2. The van der Waals surface area contributed by atoms with Crippen LogP contribution in [0.15, 0.2) is 29.2 Å². The molecule has 0 bridgehead atoms. The summed E-state index contributed by atoms with van der Waals surface area (Å²) in [5.41, 5.74) is 0.602. The molecule has 1 aromatic carbocycles. The fraction of sp³-hybridized carbons (Fsp3) is 0.571. The maximum Gasteiger partial charge on any atom is 0.240 e. The Balaban J connectivity index is 2.85. The molecule has 0 spiro atoms. The van der Waals surface area contributed by atoms with Crippen molar-refractivity contribution < 1.29 is 13.5 Å². The van der Waals surface area contributed by atoms with Crippen molar-refractivity contribution >= 4 is 10.0 Å². The minimum atomic E-state index is -3.49. The summed E-state index contributed by atoms with van der Waals surface area (Å²) in [6.07, 6.45) is 1.23. The van der Waals surface area contributed by atoms with E-state index >= 15 is 0 Å². The lowest BCUT2D eigenvalue weighted by Gasteiger charge is -2.14. The van der Waals surface area contributed by atoms with E-state index in [1.807, 2.05) is 0 Å². The van der Waals surface area contributed by atoms with Gasteiger partial charge in [0.05, 0.1) is 11.0 Å². The highest BCUT2D eigenvalue weighted by Gasteiger charge is 2.16. The number of aliphatic hydroxyl groups is 1. The van der Waals surface area contributed by atoms with Crippen LogP contribution in [-0.4, -0.2) is 20.1 Å². The zero-order valence-electron chi connectivity index (χ0n) is 11.8. The first kappa shape index (κ1) is 16.1. The Hall–Kier alpha value is -0.910. The van der Waals surface area contributed by atoms with E-state index in [0.29, 0.717) is 18.0 Å². The maximum atomic E-state index is 12.2. The van der Waals surface area contributed by atoms with Gasteiger partial charge in [0, 0.05) is 6.54 Å². The predicted molar refractivity (Wildman–Crippen MR) is 76.3 cm³/mol. The number of hydrogen-bond acceptors (Lipinski definition) is 3. The third-order valence-corrected chi connectivity index (χ3v) is 4.79. The molecule has 5 heteroatoms. The van der Waals surface area contributed by atoms with E-state index in [4.69, 9.17) is 0 Å². The molecule has 108 valence electrons. The van der Waals surface area contributed by atoms with E-state index in [9.17, 15) is 13.5 Å². The van der Waals surface area contributed by atoms with Crippen molar-refractivity contribution in [3.8, 4) is 0 Å². The lowest BCUT2D eigenvalue weighted by Crippen LogP contribution is -2.29. The largest absolute Gasteiger partial charge is 0.389 e. The molecular weight excluding hydrogens is 262 g/mol. The number of sulfonamides is 1. The number of aliphatic hydroxyl groups excluding tert-OH is 1. The van der Waals surface area contributed by atoms with Crippen LogP contribution in [0, 0.1) is 5.92 Å². The lowest BCUT2D eigenvalue weighted by molar-refractivity contribution is 0.199. The van der Waals surface area contributed by atoms with E-state index in [1.54, 1.807) is 25.1 Å². The van der Waals surface area contributed by atoms with Crippen LogP contribution in [0.2, 0.25) is 0 Å². The van der Waals surface area contributed by atoms with Gasteiger partial charge in [-0.05, 0) is 30.5 Å². The van der Waals surface area contributed by atoms with Crippen LogP contribution in [-0.2, 0) is 10.0 Å². The molecule has 19 heavy (non-hydrogen) atoms. The van der Waals surface area contributed by atoms with Gasteiger partial charge in [0.15, 0.2) is 0 Å². The number of rotatable bonds is 7. The standard InChI is InChI=1S/C14H23NO3S/c1-4-12(5-2)10-15-19(17,18)14-8-6-7-13(9-14)11(3)16/h6-9,11-12,15-16H,4-5,10H2,1-3H3. The van der Waals surface area contributed by atoms with E-state index < -0.39 is 16.1 Å². The van der Waals surface area contributed by atoms with Gasteiger partial charge in [-0.25, -0.2) is 13.1 Å². The van der Waals surface area contributed by atoms with Crippen molar-refractivity contribution in [3.63, 3.8) is 0 Å². The van der Waals surface area contributed by atoms with Crippen molar-refractivity contribution in [2.75, 3.05) is 6.54 Å². The van der Waals surface area contributed by atoms with Gasteiger partial charge < -0.3 is 5.11 Å². The van der Waals surface area contributed by atoms with Crippen molar-refractivity contribution in [1.29, 1.82) is 0 Å². The molecule has 1 atom stereocenters. The molecule has 0 saturated heterocycles. The molecule has 1 rings (SSSR count). The third kappa shape index (κ3) is 4.60. The molecule has 0 fully saturated rings. The highest BCUT2D eigenvalue weighted by molar-refractivity contribution is 7.89. The molecule has 0 aliphatic heterocycles. The Labute approximate surface area is 115 Å². The highest BCUT2D eigenvalue weighted by Crippen LogP contribution is 2.17. The van der Waals surface area contributed by atoms with Crippen LogP contribution < -0.4 is 4.72 Å². The molecule has 2 N–H and O–H groups in total. The van der Waals surface area contributed by atoms with Crippen LogP contribution in [0.3, 0.4) is 0 Å². The van der Waals surface area contributed by atoms with Crippen molar-refractivity contribution in [2.24, 2.45) is 5.92 Å². The fourth-order valence-electron chi connectivity index (χ4n) is 1.83. The molecular formula is C14H23NO3S. The van der Waals surface area contributed by atoms with E-state index in [2.05, 4.69) is 18.6 Å². The summed E-state index contributed by atoms with van der Waals surface area (Å²) >= 11 is 0. The van der Waals surface area contributed by atoms with Gasteiger partial charge in [-0.2, -0.15) is 0 Å². The SMILES string of the molecule is CCC(CC)CNS(=O)(=O)c1cccc(C(C)O)c1. The highest BCUT2D eigenvalue weighted by atomic mass is 32.2. The zero-order chi connectivity index (χ0) is 14.5. The first-order valence-electron chi connectivity index (χ1n) is 6.68. The molecule has 0 heterocycles. The second kappa shape index (κ2) is 7.03. The summed E-state index contributed by atoms with van der Waals surface area (Å²) in [5, 5.41) is 9.49. The topological polar surface area (TPSA) is 66.4 Å². The van der Waals surface area contributed by atoms with Crippen molar-refractivity contribution in [1.82, 2.24) is 4.72 Å². The summed E-state index contributed by atoms with van der Waals surface area (Å²) in [5.74, 6) is 0.356. The molecule has 0 aliphatic carbocycles. The van der Waals surface area contributed by atoms with Gasteiger partial charge >= 0.3 is 0 Å². The second-order valence-electron chi connectivity index (χ2n) is 4.78. The summed E-state index contributed by atoms with van der Waals surface area (Å²) in [6, 6.07) is 6.42. The van der Waals surface area contributed by atoms with Crippen LogP contribution in [0.4, 0.5) is 0 Å². The average molecular weight is 285 g/mol. The Kier molecular flexibility index (Phi) is 5.97. The lowest BCUT2D eigenvalue weighted by atomic mass is 10.0. The van der Waals surface area contributed by atoms with Crippen molar-refractivity contribution in [3.05, 3.63) is 29.8 Å². The Morgan fingerprint density at radius 3 is 2.42 bits per heavy atom. The molecule has 0 aromatic heterocycles. The van der Waals surface area contributed by atoms with Gasteiger partial charge in [0.2, 0.25) is 10.0 Å². The van der Waals surface area contributed by atoms with E-state index in [-0.39, 0.29) is 4.90 Å². The third-order valence-electron chi connectivity index (χ3n) is 3.37. The molecule has 0 amide bonds. The van der Waals surface area contributed by atoms with E-state index in [1.165, 1.54) is 6.07 Å². The molecule has 0 saturated carbocycles. The molecule has 4 nitrogen and oxygen atoms in total. The van der Waals surface area contributed by atoms with Crippen LogP contribution >= 0.6 is 0 Å². The van der Waals surface area contributed by atoms with Crippen LogP contribution in [0.5, 0.6) is 0 Å². The van der Waals surface area contributed by atoms with Gasteiger partial charge in [-0.1, -0.05) is 38.8 Å². The van der Waals surface area contributed by atoms with Gasteiger partial charge in [-0.15, -0.1) is 0 Å². The first-order valence-corrected chi connectivity index (χ1v) is 8.16. The first-order chi connectivity index (χ1) is 8.90. The van der Waals surface area contributed by atoms with E-state index in [0.717, 1.165) is 12.8 Å². The molecule has 0 radical (unpaired) electrons. The smallest absolute Gasteiger partial charge is 0.240 e. The number of nitrogens with one attached hydrogen (secondary N) is 1. The quantitative estimate of drug-likeness (QED) is 0.808. The zero-order valence-corrected chi connectivity index (χ0v) is 12.6. The normalized spacial score (nSPS) is 13.7. The molecule has 0 aliphatic rings. The summed E-state index contributed by atoms with van der Waals surface area (Å²) in [4.78, 5) is 0.205. The minimum Gasteiger partial charge on any atom is -0.389 e. The Morgan fingerprint density at radius 2 is 1.89 bits per heavy atom. The minimum absolute atomic E-state index is 0.205. The molecule has 1 unspecified atom stereocenters. The monoisotopic (exact) mass is 285 g/mol. The Bertz CT molecular complexity index is 493. The van der Waals surface area contributed by atoms with Gasteiger partial charge in [0.25, 0.3) is 0 Å². The predicted octanol–water partition coefficient (Wildman–Crippen LogP) is 2.45. The van der Waals surface area contributed by atoms with Crippen LogP contribution in [0.1, 0.15) is 45.3 Å². The summed E-state index contributed by atoms with van der Waals surface area (Å²) in [7, 11) is -3.49. The molecule has 1 aromatic rings. The maximum absolute atomic E-state index is 12.2.